The van der Waals surface area contributed by atoms with Crippen LogP contribution in [0.5, 0.6) is 0 Å². The lowest BCUT2D eigenvalue weighted by Crippen LogP contribution is -2.49. The van der Waals surface area contributed by atoms with Gasteiger partial charge in [0.05, 0.1) is 17.9 Å². The molecule has 1 aliphatic rings. The lowest BCUT2D eigenvalue weighted by molar-refractivity contribution is -0.133. The second-order valence-corrected chi connectivity index (χ2v) is 6.83. The zero-order valence-electron chi connectivity index (χ0n) is 15.5. The van der Waals surface area contributed by atoms with Crippen molar-refractivity contribution in [3.8, 4) is 0 Å². The van der Waals surface area contributed by atoms with Gasteiger partial charge in [-0.15, -0.1) is 0 Å². The molecule has 1 aromatic heterocycles. The second kappa shape index (κ2) is 8.75. The lowest BCUT2D eigenvalue weighted by Gasteiger charge is -2.35. The van der Waals surface area contributed by atoms with Gasteiger partial charge < -0.3 is 21.3 Å². The Kier molecular flexibility index (Phi) is 6.68. The molecule has 0 bridgehead atoms. The van der Waals surface area contributed by atoms with Crippen molar-refractivity contribution in [3.05, 3.63) is 24.0 Å². The predicted molar refractivity (Wildman–Crippen MR) is 98.4 cm³/mol. The summed E-state index contributed by atoms with van der Waals surface area (Å²) in [5.41, 5.74) is 6.50. The van der Waals surface area contributed by atoms with Crippen LogP contribution in [0, 0.1) is 5.92 Å². The SMILES string of the molecule is CC(=O)Nc1ccc(C(=O)NC(C)C2CCN(C(=O)C(C)N)CC2)nc1. The molecule has 1 fully saturated rings. The van der Waals surface area contributed by atoms with Crippen LogP contribution in [0.2, 0.25) is 0 Å². The summed E-state index contributed by atoms with van der Waals surface area (Å²) in [5.74, 6) is -0.161. The van der Waals surface area contributed by atoms with Gasteiger partial charge in [0, 0.05) is 26.1 Å². The summed E-state index contributed by atoms with van der Waals surface area (Å²) in [5, 5.41) is 5.59. The van der Waals surface area contributed by atoms with E-state index in [0.717, 1.165) is 12.8 Å². The third-order valence-corrected chi connectivity index (χ3v) is 4.62. The molecule has 8 heteroatoms. The molecule has 1 aromatic rings. The van der Waals surface area contributed by atoms with Gasteiger partial charge >= 0.3 is 0 Å². The number of nitrogens with two attached hydrogens (primary N) is 1. The Morgan fingerprint density at radius 3 is 2.38 bits per heavy atom. The maximum absolute atomic E-state index is 12.4. The number of anilines is 1. The van der Waals surface area contributed by atoms with E-state index < -0.39 is 6.04 Å². The van der Waals surface area contributed by atoms with Crippen LogP contribution in [0.15, 0.2) is 18.3 Å². The van der Waals surface area contributed by atoms with Crippen LogP contribution in [-0.4, -0.2) is 52.8 Å². The summed E-state index contributed by atoms with van der Waals surface area (Å²) in [6.07, 6.45) is 3.11. The molecule has 2 unspecified atom stereocenters. The summed E-state index contributed by atoms with van der Waals surface area (Å²) in [6.45, 7) is 6.40. The van der Waals surface area contributed by atoms with E-state index in [9.17, 15) is 14.4 Å². The van der Waals surface area contributed by atoms with Crippen molar-refractivity contribution in [1.29, 1.82) is 0 Å². The molecule has 142 valence electrons. The molecule has 26 heavy (non-hydrogen) atoms. The zero-order chi connectivity index (χ0) is 19.3. The van der Waals surface area contributed by atoms with E-state index in [4.69, 9.17) is 5.73 Å². The molecule has 0 aromatic carbocycles. The molecule has 2 rings (SSSR count). The number of amides is 3. The standard InChI is InChI=1S/C18H27N5O3/c1-11(19)18(26)23-8-6-14(7-9-23)12(2)21-17(25)16-5-4-15(10-20-16)22-13(3)24/h4-5,10-12,14H,6-9,19H2,1-3H3,(H,21,25)(H,22,24). The Balaban J connectivity index is 1.85. The number of hydrogen-bond acceptors (Lipinski definition) is 5. The Morgan fingerprint density at radius 1 is 1.23 bits per heavy atom. The number of rotatable bonds is 5. The number of pyridine rings is 1. The first-order chi connectivity index (χ1) is 12.3. The minimum atomic E-state index is -0.477. The van der Waals surface area contributed by atoms with Crippen molar-refractivity contribution >= 4 is 23.4 Å². The van der Waals surface area contributed by atoms with E-state index in [2.05, 4.69) is 15.6 Å². The fourth-order valence-corrected chi connectivity index (χ4v) is 3.11. The van der Waals surface area contributed by atoms with Crippen molar-refractivity contribution in [1.82, 2.24) is 15.2 Å². The van der Waals surface area contributed by atoms with E-state index in [1.165, 1.54) is 13.1 Å². The number of carbonyl (C=O) groups excluding carboxylic acids is 3. The van der Waals surface area contributed by atoms with Gasteiger partial charge in [-0.3, -0.25) is 14.4 Å². The molecular weight excluding hydrogens is 334 g/mol. The van der Waals surface area contributed by atoms with Crippen molar-refractivity contribution in [3.63, 3.8) is 0 Å². The zero-order valence-corrected chi connectivity index (χ0v) is 15.5. The third-order valence-electron chi connectivity index (χ3n) is 4.62. The first-order valence-corrected chi connectivity index (χ1v) is 8.86. The minimum absolute atomic E-state index is 0.0214. The van der Waals surface area contributed by atoms with Crippen molar-refractivity contribution in [2.75, 3.05) is 18.4 Å². The number of nitrogens with zero attached hydrogens (tertiary/aromatic N) is 2. The number of piperidine rings is 1. The Labute approximate surface area is 153 Å². The molecule has 2 atom stereocenters. The number of carbonyl (C=O) groups is 3. The number of likely N-dealkylation sites (tertiary alicyclic amines) is 1. The highest BCUT2D eigenvalue weighted by atomic mass is 16.2. The van der Waals surface area contributed by atoms with Crippen LogP contribution in [-0.2, 0) is 9.59 Å². The van der Waals surface area contributed by atoms with Crippen LogP contribution >= 0.6 is 0 Å². The monoisotopic (exact) mass is 361 g/mol. The maximum Gasteiger partial charge on any atom is 0.270 e. The predicted octanol–water partition coefficient (Wildman–Crippen LogP) is 0.744. The Bertz CT molecular complexity index is 651. The molecule has 2 heterocycles. The molecule has 1 aliphatic heterocycles. The first-order valence-electron chi connectivity index (χ1n) is 8.86. The molecule has 0 saturated carbocycles. The fourth-order valence-electron chi connectivity index (χ4n) is 3.11. The van der Waals surface area contributed by atoms with Gasteiger partial charge in [0.2, 0.25) is 11.8 Å². The number of nitrogens with one attached hydrogen (secondary N) is 2. The summed E-state index contributed by atoms with van der Waals surface area (Å²) in [4.78, 5) is 41.2. The second-order valence-electron chi connectivity index (χ2n) is 6.83. The van der Waals surface area contributed by atoms with Gasteiger partial charge in [0.1, 0.15) is 5.69 Å². The minimum Gasteiger partial charge on any atom is -0.348 e. The molecule has 1 saturated heterocycles. The average molecular weight is 361 g/mol. The van der Waals surface area contributed by atoms with Crippen molar-refractivity contribution in [2.45, 2.75) is 45.7 Å². The Hall–Kier alpha value is -2.48. The van der Waals surface area contributed by atoms with Crippen LogP contribution in [0.1, 0.15) is 44.1 Å². The highest BCUT2D eigenvalue weighted by Crippen LogP contribution is 2.21. The first kappa shape index (κ1) is 19.8. The molecule has 0 aliphatic carbocycles. The van der Waals surface area contributed by atoms with Gasteiger partial charge in [0.15, 0.2) is 0 Å². The molecule has 0 spiro atoms. The smallest absolute Gasteiger partial charge is 0.270 e. The molecule has 8 nitrogen and oxygen atoms in total. The molecular formula is C18H27N5O3. The summed E-state index contributed by atoms with van der Waals surface area (Å²) >= 11 is 0. The van der Waals surface area contributed by atoms with E-state index in [-0.39, 0.29) is 23.8 Å². The topological polar surface area (TPSA) is 117 Å². The lowest BCUT2D eigenvalue weighted by atomic mass is 9.90. The molecule has 0 radical (unpaired) electrons. The highest BCUT2D eigenvalue weighted by molar-refractivity contribution is 5.93. The van der Waals surface area contributed by atoms with E-state index in [1.807, 2.05) is 6.92 Å². The quantitative estimate of drug-likeness (QED) is 0.715. The van der Waals surface area contributed by atoms with E-state index in [1.54, 1.807) is 24.0 Å². The third kappa shape index (κ3) is 5.26. The number of hydrogen-bond donors (Lipinski definition) is 3. The van der Waals surface area contributed by atoms with Crippen LogP contribution in [0.25, 0.3) is 0 Å². The van der Waals surface area contributed by atoms with Gasteiger partial charge in [-0.05, 0) is 44.7 Å². The van der Waals surface area contributed by atoms with E-state index in [0.29, 0.717) is 30.4 Å². The molecule has 4 N–H and O–H groups in total. The normalized spacial score (nSPS) is 17.3. The highest BCUT2D eigenvalue weighted by Gasteiger charge is 2.28. The van der Waals surface area contributed by atoms with Gasteiger partial charge in [-0.1, -0.05) is 0 Å². The van der Waals surface area contributed by atoms with Gasteiger partial charge in [0.25, 0.3) is 5.91 Å². The van der Waals surface area contributed by atoms with Gasteiger partial charge in [-0.25, -0.2) is 4.98 Å². The average Bonchev–Trinajstić information content (AvgIpc) is 2.61. The largest absolute Gasteiger partial charge is 0.348 e. The molecule has 3 amide bonds. The Morgan fingerprint density at radius 2 is 1.88 bits per heavy atom. The van der Waals surface area contributed by atoms with Crippen LogP contribution in [0.4, 0.5) is 5.69 Å². The van der Waals surface area contributed by atoms with E-state index >= 15 is 0 Å². The summed E-state index contributed by atoms with van der Waals surface area (Å²) in [7, 11) is 0. The van der Waals surface area contributed by atoms with Crippen molar-refractivity contribution < 1.29 is 14.4 Å². The van der Waals surface area contributed by atoms with Crippen LogP contribution < -0.4 is 16.4 Å². The summed E-state index contributed by atoms with van der Waals surface area (Å²) < 4.78 is 0. The summed E-state index contributed by atoms with van der Waals surface area (Å²) in [6, 6.07) is 2.73. The maximum atomic E-state index is 12.4. The van der Waals surface area contributed by atoms with Crippen LogP contribution in [0.3, 0.4) is 0 Å². The van der Waals surface area contributed by atoms with Crippen molar-refractivity contribution in [2.24, 2.45) is 11.7 Å². The number of aromatic nitrogens is 1. The van der Waals surface area contributed by atoms with Gasteiger partial charge in [-0.2, -0.15) is 0 Å². The fraction of sp³-hybridized carbons (Fsp3) is 0.556.